The Labute approximate surface area is 114 Å². The lowest BCUT2D eigenvalue weighted by atomic mass is 10.2. The van der Waals surface area contributed by atoms with E-state index in [9.17, 15) is 9.59 Å². The van der Waals surface area contributed by atoms with Gasteiger partial charge in [-0.3, -0.25) is 14.3 Å². The Kier molecular flexibility index (Phi) is 2.70. The average molecular weight is 274 g/mol. The molecule has 1 aliphatic rings. The van der Waals surface area contributed by atoms with Gasteiger partial charge in [-0.25, -0.2) is 4.98 Å². The zero-order valence-electron chi connectivity index (χ0n) is 11.1. The number of carbonyl (C=O) groups is 2. The van der Waals surface area contributed by atoms with Gasteiger partial charge in [-0.1, -0.05) is 0 Å². The molecular weight excluding hydrogens is 260 g/mol. The van der Waals surface area contributed by atoms with Crippen LogP contribution in [0.15, 0.2) is 12.3 Å². The monoisotopic (exact) mass is 274 g/mol. The van der Waals surface area contributed by atoms with Crippen LogP contribution in [0.1, 0.15) is 12.1 Å². The Morgan fingerprint density at radius 2 is 2.20 bits per heavy atom. The molecule has 7 nitrogen and oxygen atoms in total. The van der Waals surface area contributed by atoms with Crippen LogP contribution in [-0.4, -0.2) is 31.7 Å². The van der Waals surface area contributed by atoms with Gasteiger partial charge in [0.15, 0.2) is 5.65 Å². The molecule has 0 spiro atoms. The van der Waals surface area contributed by atoms with Gasteiger partial charge >= 0.3 is 5.97 Å². The smallest absolute Gasteiger partial charge is 0.307 e. The third-order valence-electron chi connectivity index (χ3n) is 3.57. The number of carboxylic acid groups (broad SMARTS) is 1. The number of rotatable bonds is 3. The van der Waals surface area contributed by atoms with Gasteiger partial charge in [0.1, 0.15) is 0 Å². The van der Waals surface area contributed by atoms with Gasteiger partial charge in [-0.15, -0.1) is 0 Å². The summed E-state index contributed by atoms with van der Waals surface area (Å²) in [6.07, 6.45) is 1.96. The number of hydrogen-bond donors (Lipinski definition) is 2. The standard InChI is InChI=1S/C13H14N4O3/c1-6-8-3-7(5-14-11(8)17(2)16-6)15-12(18)9-4-10(9)13(19)20/h3,5,9-10H,4H2,1-2H3,(H,15,18)(H,19,20)/t9-,10+/m1/s1. The summed E-state index contributed by atoms with van der Waals surface area (Å²) in [6.45, 7) is 1.87. The Bertz CT molecular complexity index is 722. The maximum atomic E-state index is 11.9. The number of pyridine rings is 1. The van der Waals surface area contributed by atoms with Crippen LogP contribution in [0.2, 0.25) is 0 Å². The van der Waals surface area contributed by atoms with Gasteiger partial charge < -0.3 is 10.4 Å². The second-order valence-corrected chi connectivity index (χ2v) is 5.08. The third kappa shape index (κ3) is 2.01. The number of aromatic nitrogens is 3. The Hall–Kier alpha value is -2.44. The molecule has 7 heteroatoms. The van der Waals surface area contributed by atoms with E-state index in [2.05, 4.69) is 15.4 Å². The highest BCUT2D eigenvalue weighted by Gasteiger charge is 2.48. The van der Waals surface area contributed by atoms with E-state index in [0.29, 0.717) is 12.1 Å². The van der Waals surface area contributed by atoms with Crippen molar-refractivity contribution in [1.29, 1.82) is 0 Å². The lowest BCUT2D eigenvalue weighted by Gasteiger charge is -2.04. The minimum Gasteiger partial charge on any atom is -0.481 e. The number of nitrogens with zero attached hydrogens (tertiary/aromatic N) is 3. The van der Waals surface area contributed by atoms with Gasteiger partial charge in [0.25, 0.3) is 0 Å². The largest absolute Gasteiger partial charge is 0.481 e. The Balaban J connectivity index is 1.80. The maximum Gasteiger partial charge on any atom is 0.307 e. The zero-order valence-corrected chi connectivity index (χ0v) is 11.1. The van der Waals surface area contributed by atoms with Gasteiger partial charge in [0.05, 0.1) is 29.4 Å². The molecule has 0 bridgehead atoms. The van der Waals surface area contributed by atoms with Crippen LogP contribution in [0.5, 0.6) is 0 Å². The van der Waals surface area contributed by atoms with Crippen LogP contribution in [0.3, 0.4) is 0 Å². The number of anilines is 1. The van der Waals surface area contributed by atoms with E-state index in [1.54, 1.807) is 16.9 Å². The van der Waals surface area contributed by atoms with Crippen LogP contribution in [0.25, 0.3) is 11.0 Å². The number of hydrogen-bond acceptors (Lipinski definition) is 4. The molecular formula is C13H14N4O3. The fourth-order valence-electron chi connectivity index (χ4n) is 2.37. The second kappa shape index (κ2) is 4.29. The quantitative estimate of drug-likeness (QED) is 0.868. The Morgan fingerprint density at radius 1 is 1.45 bits per heavy atom. The summed E-state index contributed by atoms with van der Waals surface area (Å²) in [6, 6.07) is 1.81. The first kappa shape index (κ1) is 12.6. The molecule has 0 radical (unpaired) electrons. The number of carboxylic acids is 1. The lowest BCUT2D eigenvalue weighted by molar-refractivity contribution is -0.139. The van der Waals surface area contributed by atoms with Crippen molar-refractivity contribution in [2.45, 2.75) is 13.3 Å². The van der Waals surface area contributed by atoms with E-state index in [1.165, 1.54) is 0 Å². The summed E-state index contributed by atoms with van der Waals surface area (Å²) in [4.78, 5) is 26.9. The van der Waals surface area contributed by atoms with Crippen molar-refractivity contribution < 1.29 is 14.7 Å². The third-order valence-corrected chi connectivity index (χ3v) is 3.57. The highest BCUT2D eigenvalue weighted by atomic mass is 16.4. The predicted molar refractivity (Wildman–Crippen MR) is 71.1 cm³/mol. The predicted octanol–water partition coefficient (Wildman–Crippen LogP) is 0.936. The van der Waals surface area contributed by atoms with E-state index >= 15 is 0 Å². The highest BCUT2D eigenvalue weighted by molar-refractivity contribution is 5.99. The topological polar surface area (TPSA) is 97.1 Å². The number of aryl methyl sites for hydroxylation is 2. The SMILES string of the molecule is Cc1nn(C)c2ncc(NC(=O)[C@@H]3C[C@@H]3C(=O)O)cc12. The lowest BCUT2D eigenvalue weighted by Crippen LogP contribution is -2.16. The normalized spacial score (nSPS) is 20.9. The van der Waals surface area contributed by atoms with Gasteiger partial charge in [0, 0.05) is 12.4 Å². The van der Waals surface area contributed by atoms with Crippen molar-refractivity contribution in [1.82, 2.24) is 14.8 Å². The van der Waals surface area contributed by atoms with Crippen LogP contribution in [-0.2, 0) is 16.6 Å². The molecule has 0 saturated heterocycles. The molecule has 104 valence electrons. The van der Waals surface area contributed by atoms with Crippen LogP contribution in [0.4, 0.5) is 5.69 Å². The summed E-state index contributed by atoms with van der Waals surface area (Å²) in [5.41, 5.74) is 2.14. The molecule has 2 aromatic rings. The highest BCUT2D eigenvalue weighted by Crippen LogP contribution is 2.39. The fraction of sp³-hybridized carbons (Fsp3) is 0.385. The van der Waals surface area contributed by atoms with Crippen molar-refractivity contribution in [3.05, 3.63) is 18.0 Å². The van der Waals surface area contributed by atoms with Gasteiger partial charge in [0.2, 0.25) is 5.91 Å². The summed E-state index contributed by atoms with van der Waals surface area (Å²) in [5, 5.41) is 16.7. The summed E-state index contributed by atoms with van der Waals surface area (Å²) < 4.78 is 1.68. The summed E-state index contributed by atoms with van der Waals surface area (Å²) >= 11 is 0. The average Bonchev–Trinajstić information content (AvgIpc) is 3.14. The first-order valence-corrected chi connectivity index (χ1v) is 6.30. The Morgan fingerprint density at radius 3 is 2.85 bits per heavy atom. The van der Waals surface area contributed by atoms with Crippen molar-refractivity contribution in [2.75, 3.05) is 5.32 Å². The molecule has 0 aromatic carbocycles. The molecule has 1 fully saturated rings. The van der Waals surface area contributed by atoms with Crippen molar-refractivity contribution in [3.8, 4) is 0 Å². The molecule has 2 atom stereocenters. The molecule has 0 aliphatic heterocycles. The van der Waals surface area contributed by atoms with Crippen LogP contribution < -0.4 is 5.32 Å². The first-order valence-electron chi connectivity index (χ1n) is 6.30. The van der Waals surface area contributed by atoms with Crippen LogP contribution >= 0.6 is 0 Å². The van der Waals surface area contributed by atoms with E-state index in [-0.39, 0.29) is 5.91 Å². The van der Waals surface area contributed by atoms with Crippen LogP contribution in [0, 0.1) is 18.8 Å². The second-order valence-electron chi connectivity index (χ2n) is 5.08. The van der Waals surface area contributed by atoms with E-state index in [4.69, 9.17) is 5.11 Å². The van der Waals surface area contributed by atoms with E-state index < -0.39 is 17.8 Å². The van der Waals surface area contributed by atoms with Gasteiger partial charge in [-0.2, -0.15) is 5.10 Å². The zero-order chi connectivity index (χ0) is 14.4. The minimum absolute atomic E-state index is 0.264. The number of carbonyl (C=O) groups excluding carboxylic acids is 1. The molecule has 3 rings (SSSR count). The molecule has 1 saturated carbocycles. The summed E-state index contributed by atoms with van der Waals surface area (Å²) in [7, 11) is 1.81. The number of aliphatic carboxylic acids is 1. The molecule has 0 unspecified atom stereocenters. The maximum absolute atomic E-state index is 11.9. The van der Waals surface area contributed by atoms with E-state index in [0.717, 1.165) is 16.7 Å². The molecule has 2 N–H and O–H groups in total. The fourth-order valence-corrected chi connectivity index (χ4v) is 2.37. The molecule has 1 amide bonds. The number of fused-ring (bicyclic) bond motifs is 1. The molecule has 20 heavy (non-hydrogen) atoms. The first-order chi connectivity index (χ1) is 9.47. The van der Waals surface area contributed by atoms with E-state index in [1.807, 2.05) is 14.0 Å². The minimum atomic E-state index is -0.915. The molecule has 2 heterocycles. The number of amides is 1. The molecule has 2 aromatic heterocycles. The number of nitrogens with one attached hydrogen (secondary N) is 1. The summed E-state index contributed by atoms with van der Waals surface area (Å²) in [5.74, 6) is -2.16. The van der Waals surface area contributed by atoms with Crippen molar-refractivity contribution in [3.63, 3.8) is 0 Å². The molecule has 1 aliphatic carbocycles. The van der Waals surface area contributed by atoms with Crippen molar-refractivity contribution >= 4 is 28.6 Å². The van der Waals surface area contributed by atoms with Crippen molar-refractivity contribution in [2.24, 2.45) is 18.9 Å². The van der Waals surface area contributed by atoms with Gasteiger partial charge in [-0.05, 0) is 19.4 Å².